The van der Waals surface area contributed by atoms with Crippen molar-refractivity contribution in [2.45, 2.75) is 143 Å². The van der Waals surface area contributed by atoms with Gasteiger partial charge in [0.25, 0.3) is 5.91 Å². The number of nitrogens with one attached hydrogen (secondary N) is 4. The van der Waals surface area contributed by atoms with Gasteiger partial charge in [0.05, 0.1) is 12.1 Å². The summed E-state index contributed by atoms with van der Waals surface area (Å²) in [5.41, 5.74) is -0.662. The SMILES string of the molecule is C=CCNC(=O)C(=O)C(CCCC)NC(=O)[C@@H]1C[C@@H](C(C)C)CN1C(=O)[C@@H](NC(=O)N[C@H](C(=O)OC(C)C)C(C)(C)C)C1CCCCC1. The highest BCUT2D eigenvalue weighted by Gasteiger charge is 2.46. The van der Waals surface area contributed by atoms with Crippen LogP contribution in [0, 0.1) is 23.2 Å². The molecular weight excluding hydrogens is 614 g/mol. The second-order valence-corrected chi connectivity index (χ2v) is 15.1. The Balaban J connectivity index is 2.38. The summed E-state index contributed by atoms with van der Waals surface area (Å²) in [5, 5.41) is 11.0. The summed E-state index contributed by atoms with van der Waals surface area (Å²) in [7, 11) is 0. The quantitative estimate of drug-likeness (QED) is 0.109. The van der Waals surface area contributed by atoms with E-state index < -0.39 is 59.2 Å². The molecular formula is C36H61N5O7. The van der Waals surface area contributed by atoms with Crippen LogP contribution < -0.4 is 21.3 Å². The van der Waals surface area contributed by atoms with E-state index >= 15 is 0 Å². The van der Waals surface area contributed by atoms with Crippen molar-refractivity contribution in [2.24, 2.45) is 23.2 Å². The van der Waals surface area contributed by atoms with Gasteiger partial charge in [-0.2, -0.15) is 0 Å². The molecule has 1 unspecified atom stereocenters. The van der Waals surface area contributed by atoms with Crippen molar-refractivity contribution >= 4 is 35.5 Å². The molecule has 0 aromatic rings. The fraction of sp³-hybridized carbons (Fsp3) is 0.778. The van der Waals surface area contributed by atoms with Gasteiger partial charge in [-0.25, -0.2) is 9.59 Å². The molecule has 4 N–H and O–H groups in total. The van der Waals surface area contributed by atoms with Crippen molar-refractivity contribution in [3.05, 3.63) is 12.7 Å². The largest absolute Gasteiger partial charge is 0.461 e. The van der Waals surface area contributed by atoms with Crippen molar-refractivity contribution in [3.8, 4) is 0 Å². The molecule has 1 saturated carbocycles. The maximum absolute atomic E-state index is 14.5. The average molecular weight is 676 g/mol. The Kier molecular flexibility index (Phi) is 16.1. The molecule has 0 aromatic heterocycles. The summed E-state index contributed by atoms with van der Waals surface area (Å²) < 4.78 is 5.42. The van der Waals surface area contributed by atoms with Gasteiger partial charge >= 0.3 is 12.0 Å². The Morgan fingerprint density at radius 2 is 1.58 bits per heavy atom. The molecule has 12 heteroatoms. The normalized spacial score (nSPS) is 20.4. The number of likely N-dealkylation sites (tertiary alicyclic amines) is 1. The van der Waals surface area contributed by atoms with Crippen molar-refractivity contribution in [1.29, 1.82) is 0 Å². The summed E-state index contributed by atoms with van der Waals surface area (Å²) in [6.07, 6.45) is 7.50. The lowest BCUT2D eigenvalue weighted by molar-refractivity contribution is -0.152. The van der Waals surface area contributed by atoms with E-state index in [2.05, 4.69) is 27.8 Å². The van der Waals surface area contributed by atoms with Crippen LogP contribution in [0.15, 0.2) is 12.7 Å². The fourth-order valence-corrected chi connectivity index (χ4v) is 6.47. The Hall–Kier alpha value is -3.44. The molecule has 1 saturated heterocycles. The lowest BCUT2D eigenvalue weighted by Gasteiger charge is -2.36. The van der Waals surface area contributed by atoms with E-state index in [1.54, 1.807) is 18.7 Å². The number of amides is 5. The van der Waals surface area contributed by atoms with E-state index in [4.69, 9.17) is 4.74 Å². The molecule has 2 aliphatic rings. The second kappa shape index (κ2) is 18.9. The second-order valence-electron chi connectivity index (χ2n) is 15.1. The third-order valence-electron chi connectivity index (χ3n) is 9.37. The molecule has 1 heterocycles. The number of carbonyl (C=O) groups is 6. The predicted molar refractivity (Wildman–Crippen MR) is 185 cm³/mol. The number of unbranched alkanes of at least 4 members (excludes halogenated alkanes) is 1. The number of ketones is 1. The van der Waals surface area contributed by atoms with Crippen LogP contribution >= 0.6 is 0 Å². The highest BCUT2D eigenvalue weighted by atomic mass is 16.5. The summed E-state index contributed by atoms with van der Waals surface area (Å²) in [6.45, 7) is 19.0. The van der Waals surface area contributed by atoms with Crippen molar-refractivity contribution in [2.75, 3.05) is 13.1 Å². The maximum Gasteiger partial charge on any atom is 0.329 e. The van der Waals surface area contributed by atoms with Gasteiger partial charge in [0.15, 0.2) is 0 Å². The molecule has 5 atom stereocenters. The van der Waals surface area contributed by atoms with E-state index in [1.165, 1.54) is 6.08 Å². The van der Waals surface area contributed by atoms with Gasteiger partial charge in [0, 0.05) is 13.1 Å². The number of Topliss-reactive ketones (excluding diaryl/α,β-unsaturated/α-hetero) is 1. The number of esters is 1. The maximum atomic E-state index is 14.5. The first-order valence-corrected chi connectivity index (χ1v) is 17.8. The smallest absolute Gasteiger partial charge is 0.329 e. The van der Waals surface area contributed by atoms with Gasteiger partial charge in [-0.15, -0.1) is 6.58 Å². The van der Waals surface area contributed by atoms with Gasteiger partial charge in [0.2, 0.25) is 17.6 Å². The first kappa shape index (κ1) is 40.7. The molecule has 0 spiro atoms. The summed E-state index contributed by atoms with van der Waals surface area (Å²) >= 11 is 0. The number of ether oxygens (including phenoxy) is 1. The summed E-state index contributed by atoms with van der Waals surface area (Å²) in [4.78, 5) is 82.1. The van der Waals surface area contributed by atoms with Gasteiger partial charge in [-0.1, -0.05) is 79.7 Å². The third kappa shape index (κ3) is 11.9. The first-order valence-electron chi connectivity index (χ1n) is 17.8. The fourth-order valence-electron chi connectivity index (χ4n) is 6.47. The third-order valence-corrected chi connectivity index (χ3v) is 9.37. The first-order chi connectivity index (χ1) is 22.5. The molecule has 48 heavy (non-hydrogen) atoms. The zero-order valence-electron chi connectivity index (χ0n) is 30.5. The van der Waals surface area contributed by atoms with E-state index in [-0.39, 0.29) is 42.7 Å². The number of rotatable bonds is 16. The Bertz CT molecular complexity index is 1140. The Labute approximate surface area is 287 Å². The van der Waals surface area contributed by atoms with E-state index in [0.29, 0.717) is 19.4 Å². The number of urea groups is 1. The van der Waals surface area contributed by atoms with Crippen LogP contribution in [0.2, 0.25) is 0 Å². The number of hydrogen-bond acceptors (Lipinski definition) is 7. The molecule has 0 bridgehead atoms. The van der Waals surface area contributed by atoms with Crippen LogP contribution in [0.5, 0.6) is 0 Å². The van der Waals surface area contributed by atoms with Crippen LogP contribution in [0.4, 0.5) is 4.79 Å². The van der Waals surface area contributed by atoms with Gasteiger partial charge < -0.3 is 30.9 Å². The minimum absolute atomic E-state index is 0.0160. The molecule has 0 radical (unpaired) electrons. The van der Waals surface area contributed by atoms with E-state index in [0.717, 1.165) is 38.5 Å². The topological polar surface area (TPSA) is 163 Å². The molecule has 12 nitrogen and oxygen atoms in total. The minimum atomic E-state index is -1.03. The zero-order valence-corrected chi connectivity index (χ0v) is 30.5. The molecule has 5 amide bonds. The highest BCUT2D eigenvalue weighted by Crippen LogP contribution is 2.33. The van der Waals surface area contributed by atoms with E-state index in [9.17, 15) is 28.8 Å². The Morgan fingerprint density at radius 1 is 0.938 bits per heavy atom. The molecule has 2 fully saturated rings. The molecule has 272 valence electrons. The molecule has 1 aliphatic carbocycles. The van der Waals surface area contributed by atoms with Crippen LogP contribution in [0.3, 0.4) is 0 Å². The van der Waals surface area contributed by atoms with Crippen molar-refractivity contribution < 1.29 is 33.5 Å². The molecule has 0 aromatic carbocycles. The molecule has 2 rings (SSSR count). The van der Waals surface area contributed by atoms with Gasteiger partial charge in [-0.3, -0.25) is 19.2 Å². The zero-order chi connectivity index (χ0) is 36.2. The number of hydrogen-bond donors (Lipinski definition) is 4. The van der Waals surface area contributed by atoms with Crippen LogP contribution in [-0.2, 0) is 28.7 Å². The molecule has 1 aliphatic heterocycles. The van der Waals surface area contributed by atoms with Crippen molar-refractivity contribution in [3.63, 3.8) is 0 Å². The predicted octanol–water partition coefficient (Wildman–Crippen LogP) is 4.02. The average Bonchev–Trinajstić information content (AvgIpc) is 3.48. The Morgan fingerprint density at radius 3 is 2.12 bits per heavy atom. The number of carbonyl (C=O) groups excluding carboxylic acids is 6. The van der Waals surface area contributed by atoms with Gasteiger partial charge in [-0.05, 0) is 62.7 Å². The lowest BCUT2D eigenvalue weighted by Crippen LogP contribution is -2.61. The monoisotopic (exact) mass is 675 g/mol. The van der Waals surface area contributed by atoms with Crippen LogP contribution in [0.1, 0.15) is 113 Å². The summed E-state index contributed by atoms with van der Waals surface area (Å²) in [6, 6.07) is -4.45. The number of nitrogens with zero attached hydrogens (tertiary/aromatic N) is 1. The van der Waals surface area contributed by atoms with Gasteiger partial charge in [0.1, 0.15) is 18.1 Å². The highest BCUT2D eigenvalue weighted by molar-refractivity contribution is 6.38. The summed E-state index contributed by atoms with van der Waals surface area (Å²) in [5.74, 6) is -2.92. The van der Waals surface area contributed by atoms with Crippen LogP contribution in [-0.4, -0.2) is 83.8 Å². The lowest BCUT2D eigenvalue weighted by atomic mass is 9.83. The van der Waals surface area contributed by atoms with Crippen molar-refractivity contribution in [1.82, 2.24) is 26.2 Å². The van der Waals surface area contributed by atoms with E-state index in [1.807, 2.05) is 41.5 Å². The van der Waals surface area contributed by atoms with Crippen LogP contribution in [0.25, 0.3) is 0 Å². The minimum Gasteiger partial charge on any atom is -0.461 e. The standard InChI is InChI=1S/C36H61N5O7/c1-10-12-18-26(29(42)32(44)37-19-11-2)38-31(43)27-20-25(22(3)4)21-41(27)33(45)28(24-16-14-13-15-17-24)39-35(47)40-30(36(7,8)9)34(46)48-23(5)6/h11,22-28,30H,2,10,12-21H2,1,3-9H3,(H,37,44)(H,38,43)(H2,39,40,47)/t25-,26?,27+,28+,30-/m1/s1.